The normalized spacial score (nSPS) is 51.6. The zero-order valence-electron chi connectivity index (χ0n) is 16.2. The molecule has 0 aromatic rings. The van der Waals surface area contributed by atoms with Crippen molar-refractivity contribution in [1.82, 2.24) is 0 Å². The molecule has 4 aliphatic carbocycles. The van der Waals surface area contributed by atoms with Crippen LogP contribution in [-0.2, 0) is 9.53 Å². The third-order valence-corrected chi connectivity index (χ3v) is 8.14. The summed E-state index contributed by atoms with van der Waals surface area (Å²) in [6.07, 6.45) is 2.34. The minimum Gasteiger partial charge on any atom is -0.392 e. The number of rotatable bonds is 2. The largest absolute Gasteiger partial charge is 0.392 e. The van der Waals surface area contributed by atoms with Gasteiger partial charge < -0.3 is 20.1 Å². The van der Waals surface area contributed by atoms with Gasteiger partial charge in [-0.2, -0.15) is 0 Å². The molecule has 0 aromatic carbocycles. The van der Waals surface area contributed by atoms with Crippen LogP contribution in [0, 0.1) is 34.5 Å². The van der Waals surface area contributed by atoms with E-state index in [4.69, 9.17) is 4.74 Å². The summed E-state index contributed by atoms with van der Waals surface area (Å²) in [4.78, 5) is 13.9. The van der Waals surface area contributed by atoms with E-state index in [1.807, 2.05) is 13.0 Å². The van der Waals surface area contributed by atoms with Crippen molar-refractivity contribution in [3.05, 3.63) is 23.3 Å². The van der Waals surface area contributed by atoms with Crippen LogP contribution in [0.1, 0.15) is 34.1 Å². The van der Waals surface area contributed by atoms with Crippen molar-refractivity contribution >= 4 is 5.78 Å². The Morgan fingerprint density at radius 2 is 2.00 bits per heavy atom. The second kappa shape index (κ2) is 5.28. The molecule has 5 nitrogen and oxygen atoms in total. The lowest BCUT2D eigenvalue weighted by atomic mass is 9.59. The third-order valence-electron chi connectivity index (χ3n) is 8.14. The van der Waals surface area contributed by atoms with Gasteiger partial charge in [-0.25, -0.2) is 0 Å². The molecule has 0 aromatic heterocycles. The van der Waals surface area contributed by atoms with Crippen LogP contribution < -0.4 is 0 Å². The second-order valence-electron chi connectivity index (χ2n) is 9.48. The molecule has 3 N–H and O–H groups in total. The van der Waals surface area contributed by atoms with Crippen molar-refractivity contribution in [3.63, 3.8) is 0 Å². The summed E-state index contributed by atoms with van der Waals surface area (Å²) in [7, 11) is 1.46. The van der Waals surface area contributed by atoms with Crippen molar-refractivity contribution in [3.8, 4) is 0 Å². The first-order valence-corrected chi connectivity index (χ1v) is 9.57. The number of fused-ring (bicyclic) bond motifs is 3. The summed E-state index contributed by atoms with van der Waals surface area (Å²) in [6, 6.07) is 0. The zero-order valence-corrected chi connectivity index (χ0v) is 16.2. The number of methoxy groups -OCH3 is 1. The maximum Gasteiger partial charge on any atom is 0.153 e. The van der Waals surface area contributed by atoms with Gasteiger partial charge in [-0.3, -0.25) is 4.79 Å². The molecule has 0 amide bonds. The standard InChI is InChI=1S/C21H30O5/c1-10-8-20-11(2)6-14-15(19(14,3)4)13(17(20)24)7-12(9-22)18(26-5)21(20,25)16(10)23/h7-8,11,13-16,18,22-23,25H,6,9H2,1-5H3/t11-,13+,14-,15+,16+,18-,20-,21-/m1/s1. The average Bonchev–Trinajstić information content (AvgIpc) is 3.09. The number of hydrogen-bond donors (Lipinski definition) is 3. The van der Waals surface area contributed by atoms with Gasteiger partial charge in [0, 0.05) is 13.0 Å². The first kappa shape index (κ1) is 18.4. The van der Waals surface area contributed by atoms with E-state index in [1.165, 1.54) is 7.11 Å². The van der Waals surface area contributed by atoms with Crippen molar-refractivity contribution in [1.29, 1.82) is 0 Å². The number of carbonyl (C=O) groups excluding carboxylic acids is 1. The number of hydrogen-bond acceptors (Lipinski definition) is 5. The van der Waals surface area contributed by atoms with Gasteiger partial charge in [0.25, 0.3) is 0 Å². The molecule has 0 unspecified atom stereocenters. The van der Waals surface area contributed by atoms with E-state index in [0.717, 1.165) is 6.42 Å². The Labute approximate surface area is 154 Å². The SMILES string of the molecule is CO[C@@H]1C(CO)=C[C@@H]2C(=O)[C@@]3(C=C(C)[C@H](O)[C@@]13O)[C@H](C)C[C@@H]1[C@H]2C1(C)C. The van der Waals surface area contributed by atoms with Gasteiger partial charge in [0.2, 0.25) is 0 Å². The van der Waals surface area contributed by atoms with Gasteiger partial charge in [0.1, 0.15) is 17.8 Å². The highest BCUT2D eigenvalue weighted by molar-refractivity contribution is 5.95. The molecule has 4 rings (SSSR count). The molecule has 2 saturated carbocycles. The van der Waals surface area contributed by atoms with Crippen LogP contribution in [0.15, 0.2) is 23.3 Å². The minimum atomic E-state index is -1.80. The van der Waals surface area contributed by atoms with Crippen molar-refractivity contribution in [2.24, 2.45) is 34.5 Å². The summed E-state index contributed by atoms with van der Waals surface area (Å²) < 4.78 is 5.63. The lowest BCUT2D eigenvalue weighted by molar-refractivity contribution is -0.195. The lowest BCUT2D eigenvalue weighted by Gasteiger charge is -2.49. The quantitative estimate of drug-likeness (QED) is 0.648. The Hall–Kier alpha value is -1.01. The third kappa shape index (κ3) is 1.78. The summed E-state index contributed by atoms with van der Waals surface area (Å²) in [5, 5.41) is 32.8. The van der Waals surface area contributed by atoms with Crippen molar-refractivity contribution < 1.29 is 24.9 Å². The first-order valence-electron chi connectivity index (χ1n) is 9.57. The van der Waals surface area contributed by atoms with Crippen LogP contribution in [0.3, 0.4) is 0 Å². The number of carbonyl (C=O) groups is 1. The number of ketones is 1. The topological polar surface area (TPSA) is 87.0 Å². The number of aliphatic hydroxyl groups is 3. The molecule has 0 saturated heterocycles. The second-order valence-corrected chi connectivity index (χ2v) is 9.48. The Morgan fingerprint density at radius 3 is 2.58 bits per heavy atom. The minimum absolute atomic E-state index is 0.0352. The summed E-state index contributed by atoms with van der Waals surface area (Å²) >= 11 is 0. The molecular weight excluding hydrogens is 332 g/mol. The Morgan fingerprint density at radius 1 is 1.35 bits per heavy atom. The number of ether oxygens (including phenoxy) is 1. The highest BCUT2D eigenvalue weighted by Gasteiger charge is 2.75. The Bertz CT molecular complexity index is 722. The monoisotopic (exact) mass is 362 g/mol. The van der Waals surface area contributed by atoms with E-state index in [1.54, 1.807) is 13.0 Å². The van der Waals surface area contributed by atoms with Crippen molar-refractivity contribution in [2.45, 2.75) is 51.9 Å². The molecule has 144 valence electrons. The highest BCUT2D eigenvalue weighted by Crippen LogP contribution is 2.71. The van der Waals surface area contributed by atoms with Crippen LogP contribution in [0.4, 0.5) is 0 Å². The van der Waals surface area contributed by atoms with Crippen LogP contribution >= 0.6 is 0 Å². The highest BCUT2D eigenvalue weighted by atomic mass is 16.5. The van der Waals surface area contributed by atoms with Gasteiger partial charge in [-0.15, -0.1) is 0 Å². The van der Waals surface area contributed by atoms with E-state index in [-0.39, 0.29) is 35.6 Å². The van der Waals surface area contributed by atoms with E-state index >= 15 is 0 Å². The van der Waals surface area contributed by atoms with Crippen LogP contribution in [-0.4, -0.2) is 52.6 Å². The fourth-order valence-electron chi connectivity index (χ4n) is 6.74. The molecule has 0 aliphatic heterocycles. The smallest absolute Gasteiger partial charge is 0.153 e. The average molecular weight is 362 g/mol. The van der Waals surface area contributed by atoms with Crippen LogP contribution in [0.5, 0.6) is 0 Å². The molecule has 0 radical (unpaired) electrons. The number of Topliss-reactive ketones (excluding diaryl/α,β-unsaturated/α-hetero) is 1. The molecule has 2 fully saturated rings. The predicted molar refractivity (Wildman–Crippen MR) is 96.2 cm³/mol. The summed E-state index contributed by atoms with van der Waals surface area (Å²) in [5.41, 5.74) is -1.84. The molecule has 2 bridgehead atoms. The molecule has 1 spiro atoms. The fraction of sp³-hybridized carbons (Fsp3) is 0.762. The van der Waals surface area contributed by atoms with E-state index < -0.39 is 23.2 Å². The van der Waals surface area contributed by atoms with Gasteiger partial charge in [0.05, 0.1) is 12.0 Å². The fourth-order valence-corrected chi connectivity index (χ4v) is 6.74. The van der Waals surface area contributed by atoms with Crippen LogP contribution in [0.25, 0.3) is 0 Å². The summed E-state index contributed by atoms with van der Waals surface area (Å²) in [6.45, 7) is 7.85. The number of allylic oxidation sites excluding steroid dienone is 1. The molecule has 0 heterocycles. The molecular formula is C21H30O5. The van der Waals surface area contributed by atoms with E-state index in [0.29, 0.717) is 17.1 Å². The first-order chi connectivity index (χ1) is 12.1. The van der Waals surface area contributed by atoms with E-state index in [2.05, 4.69) is 13.8 Å². The van der Waals surface area contributed by atoms with Gasteiger partial charge in [0.15, 0.2) is 5.78 Å². The van der Waals surface area contributed by atoms with Gasteiger partial charge in [-0.05, 0) is 47.7 Å². The Kier molecular flexibility index (Phi) is 3.73. The maximum atomic E-state index is 13.9. The Balaban J connectivity index is 2.01. The summed E-state index contributed by atoms with van der Waals surface area (Å²) in [5.74, 6) is 0.0621. The maximum absolute atomic E-state index is 13.9. The predicted octanol–water partition coefficient (Wildman–Crippen LogP) is 1.47. The van der Waals surface area contributed by atoms with Crippen LogP contribution in [0.2, 0.25) is 0 Å². The van der Waals surface area contributed by atoms with Gasteiger partial charge in [-0.1, -0.05) is 32.9 Å². The van der Waals surface area contributed by atoms with Gasteiger partial charge >= 0.3 is 0 Å². The molecule has 5 heteroatoms. The number of aliphatic hydroxyl groups excluding tert-OH is 2. The molecule has 8 atom stereocenters. The lowest BCUT2D eigenvalue weighted by Crippen LogP contribution is -2.65. The molecule has 26 heavy (non-hydrogen) atoms. The zero-order chi connectivity index (χ0) is 19.2. The van der Waals surface area contributed by atoms with E-state index in [9.17, 15) is 20.1 Å². The van der Waals surface area contributed by atoms with Crippen molar-refractivity contribution in [2.75, 3.05) is 13.7 Å². The molecule has 4 aliphatic rings.